The van der Waals surface area contributed by atoms with E-state index in [1.807, 2.05) is 26.0 Å². The molecule has 196 valence electrons. The molecule has 1 saturated heterocycles. The summed E-state index contributed by atoms with van der Waals surface area (Å²) in [5.74, 6) is 0.252. The fourth-order valence-electron chi connectivity index (χ4n) is 4.38. The van der Waals surface area contributed by atoms with Crippen LogP contribution in [0.1, 0.15) is 36.5 Å². The van der Waals surface area contributed by atoms with Gasteiger partial charge in [-0.3, -0.25) is 14.0 Å². The highest BCUT2D eigenvalue weighted by Gasteiger charge is 2.27. The second-order valence-electron chi connectivity index (χ2n) is 9.33. The Bertz CT molecular complexity index is 1270. The van der Waals surface area contributed by atoms with E-state index in [0.717, 1.165) is 35.1 Å². The first-order valence-corrected chi connectivity index (χ1v) is 14.2. The van der Waals surface area contributed by atoms with Crippen LogP contribution >= 0.6 is 0 Å². The monoisotopic (exact) mass is 521 g/mol. The second-order valence-corrected chi connectivity index (χ2v) is 11.2. The van der Waals surface area contributed by atoms with Gasteiger partial charge in [-0.25, -0.2) is 8.42 Å². The summed E-state index contributed by atoms with van der Waals surface area (Å²) in [4.78, 5) is 15.5. The van der Waals surface area contributed by atoms with Gasteiger partial charge in [-0.2, -0.15) is 0 Å². The first kappa shape index (κ1) is 26.7. The van der Waals surface area contributed by atoms with Crippen molar-refractivity contribution in [2.75, 3.05) is 30.5 Å². The molecule has 1 fully saturated rings. The van der Waals surface area contributed by atoms with Crippen molar-refractivity contribution < 1.29 is 17.9 Å². The molecular formula is C29H35N3O4S. The third-order valence-electron chi connectivity index (χ3n) is 6.45. The molecule has 0 saturated carbocycles. The molecule has 37 heavy (non-hydrogen) atoms. The number of anilines is 1. The third-order valence-corrected chi connectivity index (χ3v) is 8.24. The van der Waals surface area contributed by atoms with Gasteiger partial charge in [0.15, 0.2) is 0 Å². The molecule has 0 radical (unpaired) electrons. The number of nitrogens with zero attached hydrogens (tertiary/aromatic N) is 2. The largest absolute Gasteiger partial charge is 0.494 e. The van der Waals surface area contributed by atoms with Gasteiger partial charge in [-0.1, -0.05) is 42.0 Å². The predicted octanol–water partition coefficient (Wildman–Crippen LogP) is 4.50. The van der Waals surface area contributed by atoms with Gasteiger partial charge in [0, 0.05) is 13.1 Å². The van der Waals surface area contributed by atoms with Crippen LogP contribution in [0.4, 0.5) is 5.69 Å². The number of sulfonamides is 1. The quantitative estimate of drug-likeness (QED) is 0.402. The zero-order chi connectivity index (χ0) is 26.3. The van der Waals surface area contributed by atoms with Crippen molar-refractivity contribution in [3.63, 3.8) is 0 Å². The van der Waals surface area contributed by atoms with Crippen molar-refractivity contribution in [1.29, 1.82) is 0 Å². The maximum atomic E-state index is 13.6. The van der Waals surface area contributed by atoms with Crippen LogP contribution in [-0.2, 0) is 27.9 Å². The number of aryl methyl sites for hydroxylation is 1. The van der Waals surface area contributed by atoms with Gasteiger partial charge in [0.25, 0.3) is 10.0 Å². The van der Waals surface area contributed by atoms with Crippen LogP contribution in [0.15, 0.2) is 77.7 Å². The lowest BCUT2D eigenvalue weighted by Gasteiger charge is -2.24. The average Bonchev–Trinajstić information content (AvgIpc) is 3.41. The number of amides is 1. The molecule has 0 spiro atoms. The summed E-state index contributed by atoms with van der Waals surface area (Å²) in [6.45, 7) is 7.51. The molecule has 0 bridgehead atoms. The van der Waals surface area contributed by atoms with Gasteiger partial charge in [0.05, 0.1) is 17.2 Å². The highest BCUT2D eigenvalue weighted by molar-refractivity contribution is 7.92. The summed E-state index contributed by atoms with van der Waals surface area (Å²) in [7, 11) is -3.96. The summed E-state index contributed by atoms with van der Waals surface area (Å²) in [5.41, 5.74) is 3.57. The average molecular weight is 522 g/mol. The number of hydrogen-bond acceptors (Lipinski definition) is 5. The Labute approximate surface area is 220 Å². The molecule has 0 unspecified atom stereocenters. The Hall–Kier alpha value is -3.36. The van der Waals surface area contributed by atoms with Gasteiger partial charge < -0.3 is 10.1 Å². The van der Waals surface area contributed by atoms with E-state index in [0.29, 0.717) is 24.6 Å². The van der Waals surface area contributed by atoms with Crippen LogP contribution in [-0.4, -0.2) is 45.5 Å². The Balaban J connectivity index is 1.45. The third kappa shape index (κ3) is 7.11. The van der Waals surface area contributed by atoms with Gasteiger partial charge in [-0.05, 0) is 87.3 Å². The molecule has 3 aromatic rings. The minimum Gasteiger partial charge on any atom is -0.494 e. The molecular weight excluding hydrogens is 486 g/mol. The minimum absolute atomic E-state index is 0.133. The zero-order valence-corrected chi connectivity index (χ0v) is 22.3. The Kier molecular flexibility index (Phi) is 8.84. The molecule has 7 nitrogen and oxygen atoms in total. The topological polar surface area (TPSA) is 79.0 Å². The van der Waals surface area contributed by atoms with Crippen molar-refractivity contribution in [3.8, 4) is 5.75 Å². The predicted molar refractivity (Wildman–Crippen MR) is 146 cm³/mol. The van der Waals surface area contributed by atoms with E-state index in [1.54, 1.807) is 48.5 Å². The van der Waals surface area contributed by atoms with Crippen LogP contribution < -0.4 is 14.4 Å². The summed E-state index contributed by atoms with van der Waals surface area (Å²) in [6, 6.07) is 21.6. The summed E-state index contributed by atoms with van der Waals surface area (Å²) in [5, 5.41) is 2.88. The van der Waals surface area contributed by atoms with Crippen LogP contribution in [0.2, 0.25) is 0 Å². The second kappa shape index (κ2) is 12.3. The van der Waals surface area contributed by atoms with Gasteiger partial charge in [0.2, 0.25) is 5.91 Å². The highest BCUT2D eigenvalue weighted by atomic mass is 32.2. The number of ether oxygens (including phenoxy) is 1. The van der Waals surface area contributed by atoms with Crippen LogP contribution in [0.5, 0.6) is 5.75 Å². The molecule has 1 aliphatic rings. The van der Waals surface area contributed by atoms with E-state index >= 15 is 0 Å². The number of hydrogen-bond donors (Lipinski definition) is 1. The Morgan fingerprint density at radius 1 is 0.919 bits per heavy atom. The van der Waals surface area contributed by atoms with Gasteiger partial charge >= 0.3 is 0 Å². The van der Waals surface area contributed by atoms with E-state index in [4.69, 9.17) is 4.74 Å². The SMILES string of the molecule is CCOc1ccc(N(CC(=O)NCc2ccc(CN3CCCC3)cc2)S(=O)(=O)c2ccc(C)cc2)cc1. The maximum absolute atomic E-state index is 13.6. The van der Waals surface area contributed by atoms with Crippen LogP contribution in [0.3, 0.4) is 0 Å². The van der Waals surface area contributed by atoms with E-state index in [9.17, 15) is 13.2 Å². The van der Waals surface area contributed by atoms with Crippen molar-refractivity contribution >= 4 is 21.6 Å². The number of nitrogens with one attached hydrogen (secondary N) is 1. The lowest BCUT2D eigenvalue weighted by molar-refractivity contribution is -0.119. The number of carbonyl (C=O) groups excluding carboxylic acids is 1. The molecule has 4 rings (SSSR count). The molecule has 8 heteroatoms. The van der Waals surface area contributed by atoms with E-state index in [2.05, 4.69) is 22.3 Å². The molecule has 0 aliphatic carbocycles. The van der Waals surface area contributed by atoms with Crippen molar-refractivity contribution in [1.82, 2.24) is 10.2 Å². The first-order chi connectivity index (χ1) is 17.8. The lowest BCUT2D eigenvalue weighted by atomic mass is 10.1. The first-order valence-electron chi connectivity index (χ1n) is 12.7. The van der Waals surface area contributed by atoms with E-state index in [1.165, 1.54) is 18.4 Å². The minimum atomic E-state index is -3.96. The molecule has 1 heterocycles. The fourth-order valence-corrected chi connectivity index (χ4v) is 5.80. The van der Waals surface area contributed by atoms with Crippen LogP contribution in [0.25, 0.3) is 0 Å². The number of likely N-dealkylation sites (tertiary alicyclic amines) is 1. The smallest absolute Gasteiger partial charge is 0.264 e. The Morgan fingerprint density at radius 3 is 2.16 bits per heavy atom. The normalized spacial score (nSPS) is 13.9. The summed E-state index contributed by atoms with van der Waals surface area (Å²) >= 11 is 0. The van der Waals surface area contributed by atoms with E-state index in [-0.39, 0.29) is 17.3 Å². The summed E-state index contributed by atoms with van der Waals surface area (Å²) < 4.78 is 33.7. The number of benzene rings is 3. The van der Waals surface area contributed by atoms with Crippen LogP contribution in [0, 0.1) is 6.92 Å². The van der Waals surface area contributed by atoms with Crippen molar-refractivity contribution in [3.05, 3.63) is 89.5 Å². The zero-order valence-electron chi connectivity index (χ0n) is 21.5. The number of carbonyl (C=O) groups is 1. The lowest BCUT2D eigenvalue weighted by Crippen LogP contribution is -2.40. The molecule has 3 aromatic carbocycles. The van der Waals surface area contributed by atoms with E-state index < -0.39 is 10.0 Å². The molecule has 1 amide bonds. The maximum Gasteiger partial charge on any atom is 0.264 e. The number of rotatable bonds is 11. The Morgan fingerprint density at radius 2 is 1.54 bits per heavy atom. The van der Waals surface area contributed by atoms with Gasteiger partial charge in [0.1, 0.15) is 12.3 Å². The molecule has 1 N–H and O–H groups in total. The van der Waals surface area contributed by atoms with Crippen molar-refractivity contribution in [2.45, 2.75) is 44.7 Å². The van der Waals surface area contributed by atoms with Crippen molar-refractivity contribution in [2.24, 2.45) is 0 Å². The fraction of sp³-hybridized carbons (Fsp3) is 0.345. The van der Waals surface area contributed by atoms with Gasteiger partial charge in [-0.15, -0.1) is 0 Å². The molecule has 1 aliphatic heterocycles. The molecule has 0 atom stereocenters. The standard InChI is InChI=1S/C29H35N3O4S/c1-3-36-27-14-12-26(13-15-27)32(37(34,35)28-16-6-23(2)7-17-28)22-29(33)30-20-24-8-10-25(11-9-24)21-31-18-4-5-19-31/h6-17H,3-5,18-22H2,1-2H3,(H,30,33). The highest BCUT2D eigenvalue weighted by Crippen LogP contribution is 2.26. The summed E-state index contributed by atoms with van der Waals surface area (Å²) in [6.07, 6.45) is 2.52. The molecule has 0 aromatic heterocycles.